The Kier molecular flexibility index (Phi) is 4.76. The number of rotatable bonds is 4. The fourth-order valence-corrected chi connectivity index (χ4v) is 3.87. The molecule has 0 fully saturated rings. The summed E-state index contributed by atoms with van der Waals surface area (Å²) in [6.07, 6.45) is 0. The van der Waals surface area contributed by atoms with Gasteiger partial charge in [-0.15, -0.1) is 11.8 Å². The van der Waals surface area contributed by atoms with E-state index in [0.29, 0.717) is 11.8 Å². The van der Waals surface area contributed by atoms with E-state index in [9.17, 15) is 4.79 Å². The molecule has 0 spiro atoms. The predicted octanol–water partition coefficient (Wildman–Crippen LogP) is 3.63. The van der Waals surface area contributed by atoms with Gasteiger partial charge in [-0.1, -0.05) is 25.1 Å². The van der Waals surface area contributed by atoms with Gasteiger partial charge in [0.2, 0.25) is 5.91 Å². The van der Waals surface area contributed by atoms with Gasteiger partial charge in [-0.05, 0) is 24.3 Å². The monoisotopic (exact) mass is 328 g/mol. The van der Waals surface area contributed by atoms with Crippen molar-refractivity contribution in [3.05, 3.63) is 48.5 Å². The smallest absolute Gasteiger partial charge is 0.243 e. The second-order valence-electron chi connectivity index (χ2n) is 5.56. The maximum absolute atomic E-state index is 12.4. The molecule has 1 atom stereocenters. The topological polar surface area (TPSA) is 41.6 Å². The molecule has 4 nitrogen and oxygen atoms in total. The van der Waals surface area contributed by atoms with Gasteiger partial charge in [-0.3, -0.25) is 4.79 Å². The highest BCUT2D eigenvalue weighted by Gasteiger charge is 2.23. The first-order valence-electron chi connectivity index (χ1n) is 7.60. The highest BCUT2D eigenvalue weighted by molar-refractivity contribution is 8.00. The van der Waals surface area contributed by atoms with E-state index >= 15 is 0 Å². The van der Waals surface area contributed by atoms with E-state index in [-0.39, 0.29) is 5.91 Å². The van der Waals surface area contributed by atoms with Gasteiger partial charge in [0.25, 0.3) is 0 Å². The second-order valence-corrected chi connectivity index (χ2v) is 7.04. The average molecular weight is 328 g/mol. The van der Waals surface area contributed by atoms with Crippen LogP contribution < -0.4 is 15.0 Å². The van der Waals surface area contributed by atoms with E-state index in [2.05, 4.69) is 29.3 Å². The van der Waals surface area contributed by atoms with Crippen LogP contribution in [0.5, 0.6) is 5.75 Å². The summed E-state index contributed by atoms with van der Waals surface area (Å²) < 4.78 is 5.18. The van der Waals surface area contributed by atoms with Crippen molar-refractivity contribution in [2.45, 2.75) is 17.1 Å². The molecule has 0 bridgehead atoms. The highest BCUT2D eigenvalue weighted by atomic mass is 32.2. The van der Waals surface area contributed by atoms with Crippen molar-refractivity contribution in [2.24, 2.45) is 0 Å². The summed E-state index contributed by atoms with van der Waals surface area (Å²) in [4.78, 5) is 15.8. The molecule has 0 unspecified atom stereocenters. The van der Waals surface area contributed by atoms with Crippen molar-refractivity contribution in [1.82, 2.24) is 0 Å². The minimum absolute atomic E-state index is 0.0212. The molecule has 1 aliphatic rings. The molecule has 0 saturated carbocycles. The average Bonchev–Trinajstić information content (AvgIpc) is 2.54. The number of carbonyl (C=O) groups excluding carboxylic acids is 1. The van der Waals surface area contributed by atoms with Crippen molar-refractivity contribution >= 4 is 29.0 Å². The number of thioether (sulfide) groups is 1. The maximum atomic E-state index is 12.4. The third kappa shape index (κ3) is 3.79. The Hall–Kier alpha value is -2.14. The molecule has 3 rings (SSSR count). The van der Waals surface area contributed by atoms with E-state index in [1.54, 1.807) is 7.11 Å². The van der Waals surface area contributed by atoms with E-state index in [1.165, 1.54) is 4.90 Å². The van der Waals surface area contributed by atoms with E-state index in [4.69, 9.17) is 4.74 Å². The van der Waals surface area contributed by atoms with Crippen LogP contribution in [0.2, 0.25) is 0 Å². The molecule has 0 aromatic heterocycles. The minimum atomic E-state index is -0.0212. The molecule has 120 valence electrons. The zero-order valence-electron chi connectivity index (χ0n) is 13.3. The number of hydrogen-bond acceptors (Lipinski definition) is 4. The second kappa shape index (κ2) is 6.96. The SMILES string of the molecule is COc1cccc(NC(=O)CN2C[C@@H](C)Sc3ccccc32)c1. The van der Waals surface area contributed by atoms with Gasteiger partial charge in [0.15, 0.2) is 0 Å². The Labute approximate surface area is 140 Å². The van der Waals surface area contributed by atoms with Gasteiger partial charge in [-0.2, -0.15) is 0 Å². The van der Waals surface area contributed by atoms with Crippen molar-refractivity contribution in [3.8, 4) is 5.75 Å². The van der Waals surface area contributed by atoms with Crippen LogP contribution in [0, 0.1) is 0 Å². The first-order valence-corrected chi connectivity index (χ1v) is 8.48. The summed E-state index contributed by atoms with van der Waals surface area (Å²) in [7, 11) is 1.62. The summed E-state index contributed by atoms with van der Waals surface area (Å²) in [6.45, 7) is 3.40. The number of methoxy groups -OCH3 is 1. The lowest BCUT2D eigenvalue weighted by molar-refractivity contribution is -0.115. The lowest BCUT2D eigenvalue weighted by Gasteiger charge is -2.33. The number of nitrogens with one attached hydrogen (secondary N) is 1. The van der Waals surface area contributed by atoms with E-state index in [0.717, 1.165) is 23.7 Å². The maximum Gasteiger partial charge on any atom is 0.243 e. The standard InChI is InChI=1S/C18H20N2O2S/c1-13-11-20(16-8-3-4-9-17(16)23-13)12-18(21)19-14-6-5-7-15(10-14)22-2/h3-10,13H,11-12H2,1-2H3,(H,19,21)/t13-/m1/s1. The summed E-state index contributed by atoms with van der Waals surface area (Å²) in [5.74, 6) is 0.711. The number of hydrogen-bond donors (Lipinski definition) is 1. The van der Waals surface area contributed by atoms with Crippen LogP contribution in [-0.4, -0.2) is 31.4 Å². The number of nitrogens with zero attached hydrogens (tertiary/aromatic N) is 1. The molecule has 23 heavy (non-hydrogen) atoms. The Morgan fingerprint density at radius 3 is 2.96 bits per heavy atom. The lowest BCUT2D eigenvalue weighted by atomic mass is 10.2. The number of anilines is 2. The fraction of sp³-hybridized carbons (Fsp3) is 0.278. The summed E-state index contributed by atoms with van der Waals surface area (Å²) in [6, 6.07) is 15.7. The Morgan fingerprint density at radius 2 is 2.13 bits per heavy atom. The van der Waals surface area contributed by atoms with Crippen molar-refractivity contribution < 1.29 is 9.53 Å². The summed E-state index contributed by atoms with van der Waals surface area (Å²) >= 11 is 1.86. The number of carbonyl (C=O) groups is 1. The normalized spacial score (nSPS) is 16.6. The van der Waals surface area contributed by atoms with Gasteiger partial charge in [0.1, 0.15) is 5.75 Å². The fourth-order valence-electron chi connectivity index (χ4n) is 2.71. The van der Waals surface area contributed by atoms with Gasteiger partial charge in [-0.25, -0.2) is 0 Å². The Balaban J connectivity index is 1.70. The van der Waals surface area contributed by atoms with Crippen LogP contribution in [0.1, 0.15) is 6.92 Å². The van der Waals surface area contributed by atoms with Crippen molar-refractivity contribution in [2.75, 3.05) is 30.4 Å². The van der Waals surface area contributed by atoms with E-state index in [1.807, 2.05) is 48.2 Å². The van der Waals surface area contributed by atoms with Crippen LogP contribution in [0.15, 0.2) is 53.4 Å². The van der Waals surface area contributed by atoms with Crippen LogP contribution in [0.25, 0.3) is 0 Å². The Bertz CT molecular complexity index is 705. The highest BCUT2D eigenvalue weighted by Crippen LogP contribution is 2.37. The molecule has 1 heterocycles. The van der Waals surface area contributed by atoms with E-state index < -0.39 is 0 Å². The van der Waals surface area contributed by atoms with Gasteiger partial charge < -0.3 is 15.0 Å². The number of amides is 1. The largest absolute Gasteiger partial charge is 0.497 e. The first-order chi connectivity index (χ1) is 11.2. The molecule has 1 amide bonds. The summed E-state index contributed by atoms with van der Waals surface area (Å²) in [5.41, 5.74) is 1.89. The molecule has 2 aromatic carbocycles. The third-order valence-corrected chi connectivity index (χ3v) is 4.85. The molecule has 0 saturated heterocycles. The van der Waals surface area contributed by atoms with Crippen LogP contribution in [-0.2, 0) is 4.79 Å². The molecule has 0 aliphatic carbocycles. The molecule has 0 radical (unpaired) electrons. The van der Waals surface area contributed by atoms with Gasteiger partial charge in [0, 0.05) is 28.4 Å². The molecule has 1 N–H and O–H groups in total. The van der Waals surface area contributed by atoms with Crippen LogP contribution in [0.3, 0.4) is 0 Å². The zero-order chi connectivity index (χ0) is 16.2. The van der Waals surface area contributed by atoms with Gasteiger partial charge in [0.05, 0.1) is 19.3 Å². The van der Waals surface area contributed by atoms with Crippen LogP contribution in [0.4, 0.5) is 11.4 Å². The lowest BCUT2D eigenvalue weighted by Crippen LogP contribution is -2.39. The Morgan fingerprint density at radius 1 is 1.30 bits per heavy atom. The number of fused-ring (bicyclic) bond motifs is 1. The zero-order valence-corrected chi connectivity index (χ0v) is 14.1. The number of benzene rings is 2. The molecule has 5 heteroatoms. The molecular formula is C18H20N2O2S. The summed E-state index contributed by atoms with van der Waals surface area (Å²) in [5, 5.41) is 3.41. The molecule has 2 aromatic rings. The number of ether oxygens (including phenoxy) is 1. The van der Waals surface area contributed by atoms with Crippen molar-refractivity contribution in [3.63, 3.8) is 0 Å². The number of para-hydroxylation sites is 1. The third-order valence-electron chi connectivity index (χ3n) is 3.70. The minimum Gasteiger partial charge on any atom is -0.497 e. The molecular weight excluding hydrogens is 308 g/mol. The predicted molar refractivity (Wildman–Crippen MR) is 95.6 cm³/mol. The van der Waals surface area contributed by atoms with Crippen LogP contribution >= 0.6 is 11.8 Å². The van der Waals surface area contributed by atoms with Crippen molar-refractivity contribution in [1.29, 1.82) is 0 Å². The van der Waals surface area contributed by atoms with Gasteiger partial charge >= 0.3 is 0 Å². The quantitative estimate of drug-likeness (QED) is 0.930. The molecule has 1 aliphatic heterocycles. The first kappa shape index (κ1) is 15.7.